The third kappa shape index (κ3) is 2.45. The molecule has 3 heteroatoms. The molecule has 0 spiro atoms. The molecule has 2 aliphatic carbocycles. The second-order valence-corrected chi connectivity index (χ2v) is 9.62. The summed E-state index contributed by atoms with van der Waals surface area (Å²) in [7, 11) is -3.28. The van der Waals surface area contributed by atoms with Gasteiger partial charge in [-0.3, -0.25) is 0 Å². The Bertz CT molecular complexity index is 736. The summed E-state index contributed by atoms with van der Waals surface area (Å²) in [5.41, 5.74) is 3.45. The molecular formula is C19H24O2S. The van der Waals surface area contributed by atoms with Crippen LogP contribution < -0.4 is 0 Å². The van der Waals surface area contributed by atoms with Gasteiger partial charge in [0.1, 0.15) is 0 Å². The number of allylic oxidation sites excluding steroid dienone is 3. The van der Waals surface area contributed by atoms with Crippen LogP contribution in [-0.4, -0.2) is 13.7 Å². The molecule has 3 rings (SSSR count). The molecule has 0 saturated heterocycles. The Labute approximate surface area is 133 Å². The predicted octanol–water partition coefficient (Wildman–Crippen LogP) is 4.46. The van der Waals surface area contributed by atoms with Crippen LogP contribution in [0.2, 0.25) is 0 Å². The van der Waals surface area contributed by atoms with E-state index in [4.69, 9.17) is 0 Å². The van der Waals surface area contributed by atoms with E-state index in [0.717, 1.165) is 30.4 Å². The number of hydrogen-bond donors (Lipinski definition) is 0. The van der Waals surface area contributed by atoms with E-state index < -0.39 is 9.84 Å². The van der Waals surface area contributed by atoms with Crippen LogP contribution in [0.5, 0.6) is 0 Å². The average molecular weight is 316 g/mol. The molecule has 2 atom stereocenters. The zero-order valence-electron chi connectivity index (χ0n) is 13.6. The summed E-state index contributed by atoms with van der Waals surface area (Å²) in [5.74, 6) is 0.115. The van der Waals surface area contributed by atoms with E-state index in [-0.39, 0.29) is 16.6 Å². The average Bonchev–Trinajstić information content (AvgIpc) is 2.83. The lowest BCUT2D eigenvalue weighted by molar-refractivity contribution is 0.244. The fourth-order valence-electron chi connectivity index (χ4n) is 4.28. The summed E-state index contributed by atoms with van der Waals surface area (Å²) in [5, 5.41) is -0.301. The van der Waals surface area contributed by atoms with Crippen LogP contribution in [0.15, 0.2) is 53.0 Å². The van der Waals surface area contributed by atoms with E-state index in [2.05, 4.69) is 26.5 Å². The Kier molecular flexibility index (Phi) is 3.59. The molecule has 118 valence electrons. The van der Waals surface area contributed by atoms with Gasteiger partial charge < -0.3 is 0 Å². The largest absolute Gasteiger partial charge is 0.223 e. The lowest BCUT2D eigenvalue weighted by atomic mass is 9.68. The first-order chi connectivity index (χ1) is 10.2. The van der Waals surface area contributed by atoms with Crippen LogP contribution in [-0.2, 0) is 9.84 Å². The first-order valence-corrected chi connectivity index (χ1v) is 9.45. The maximum absolute atomic E-state index is 13.1. The minimum atomic E-state index is -3.28. The van der Waals surface area contributed by atoms with Gasteiger partial charge >= 0.3 is 0 Å². The molecule has 2 aliphatic rings. The zero-order valence-corrected chi connectivity index (χ0v) is 14.4. The smallest absolute Gasteiger partial charge is 0.181 e. The van der Waals surface area contributed by atoms with Crippen molar-refractivity contribution >= 4 is 9.84 Å². The molecule has 2 unspecified atom stereocenters. The predicted molar refractivity (Wildman–Crippen MR) is 90.5 cm³/mol. The molecule has 1 aromatic carbocycles. The number of hydrogen-bond acceptors (Lipinski definition) is 2. The van der Waals surface area contributed by atoms with E-state index in [1.807, 2.05) is 19.1 Å². The van der Waals surface area contributed by atoms with Crippen molar-refractivity contribution in [3.05, 3.63) is 53.6 Å². The van der Waals surface area contributed by atoms with Gasteiger partial charge in [0.05, 0.1) is 10.1 Å². The molecule has 22 heavy (non-hydrogen) atoms. The third-order valence-electron chi connectivity index (χ3n) is 5.15. The van der Waals surface area contributed by atoms with E-state index in [1.54, 1.807) is 12.1 Å². The van der Waals surface area contributed by atoms with Crippen molar-refractivity contribution in [1.29, 1.82) is 0 Å². The highest BCUT2D eigenvalue weighted by molar-refractivity contribution is 7.92. The summed E-state index contributed by atoms with van der Waals surface area (Å²) in [6.07, 6.45) is 4.62. The Balaban J connectivity index is 2.03. The standard InChI is InChI=1S/C19H24O2S/c1-13-5-8-16(9-6-13)22(20,21)17-10-7-15-11-14(2)12-19(3,4)18(15)17/h5-6,8-9,11,17-18H,2,7,10,12H2,1,3-4H3. The van der Waals surface area contributed by atoms with Crippen LogP contribution >= 0.6 is 0 Å². The van der Waals surface area contributed by atoms with Crippen molar-refractivity contribution in [1.82, 2.24) is 0 Å². The summed E-state index contributed by atoms with van der Waals surface area (Å²) >= 11 is 0. The molecule has 2 nitrogen and oxygen atoms in total. The van der Waals surface area contributed by atoms with Crippen molar-refractivity contribution < 1.29 is 8.42 Å². The van der Waals surface area contributed by atoms with Gasteiger partial charge in [-0.2, -0.15) is 0 Å². The van der Waals surface area contributed by atoms with Crippen LogP contribution in [0.3, 0.4) is 0 Å². The normalized spacial score (nSPS) is 27.4. The molecule has 0 amide bonds. The number of fused-ring (bicyclic) bond motifs is 1. The highest BCUT2D eigenvalue weighted by Gasteiger charge is 2.49. The summed E-state index contributed by atoms with van der Waals surface area (Å²) in [4.78, 5) is 0.463. The fraction of sp³-hybridized carbons (Fsp3) is 0.474. The highest BCUT2D eigenvalue weighted by atomic mass is 32.2. The summed E-state index contributed by atoms with van der Waals surface area (Å²) in [6.45, 7) is 10.4. The van der Waals surface area contributed by atoms with Gasteiger partial charge in [0, 0.05) is 5.92 Å². The Morgan fingerprint density at radius 2 is 1.82 bits per heavy atom. The van der Waals surface area contributed by atoms with E-state index in [9.17, 15) is 8.42 Å². The van der Waals surface area contributed by atoms with E-state index in [0.29, 0.717) is 4.90 Å². The number of aryl methyl sites for hydroxylation is 1. The SMILES string of the molecule is C=C1C=C2CCC(S(=O)(=O)c3ccc(C)cc3)C2C(C)(C)C1. The van der Waals surface area contributed by atoms with Crippen LogP contribution in [0.25, 0.3) is 0 Å². The van der Waals surface area contributed by atoms with Crippen LogP contribution in [0.1, 0.15) is 38.7 Å². The van der Waals surface area contributed by atoms with Crippen LogP contribution in [0, 0.1) is 18.3 Å². The second-order valence-electron chi connectivity index (χ2n) is 7.46. The maximum atomic E-state index is 13.1. The summed E-state index contributed by atoms with van der Waals surface area (Å²) < 4.78 is 26.2. The Hall–Kier alpha value is -1.35. The Morgan fingerprint density at radius 3 is 2.45 bits per heavy atom. The van der Waals surface area contributed by atoms with Crippen LogP contribution in [0.4, 0.5) is 0 Å². The monoisotopic (exact) mass is 316 g/mol. The number of sulfone groups is 1. The number of rotatable bonds is 2. The molecule has 0 aliphatic heterocycles. The van der Waals surface area contributed by atoms with Gasteiger partial charge in [0.15, 0.2) is 9.84 Å². The third-order valence-corrected chi connectivity index (χ3v) is 7.39. The van der Waals surface area contributed by atoms with E-state index >= 15 is 0 Å². The number of benzene rings is 1. The first kappa shape index (κ1) is 15.5. The highest BCUT2D eigenvalue weighted by Crippen LogP contribution is 2.53. The minimum absolute atomic E-state index is 0.0416. The molecule has 0 N–H and O–H groups in total. The van der Waals surface area contributed by atoms with Crippen molar-refractivity contribution in [3.8, 4) is 0 Å². The molecule has 0 radical (unpaired) electrons. The molecule has 0 bridgehead atoms. The topological polar surface area (TPSA) is 34.1 Å². The summed E-state index contributed by atoms with van der Waals surface area (Å²) in [6, 6.07) is 7.27. The van der Waals surface area contributed by atoms with Gasteiger partial charge in [-0.05, 0) is 43.7 Å². The molecular weight excluding hydrogens is 292 g/mol. The fourth-order valence-corrected chi connectivity index (χ4v) is 6.48. The van der Waals surface area contributed by atoms with Gasteiger partial charge in [-0.15, -0.1) is 0 Å². The molecule has 1 fully saturated rings. The van der Waals surface area contributed by atoms with Gasteiger partial charge in [0.25, 0.3) is 0 Å². The molecule has 1 aromatic rings. The van der Waals surface area contributed by atoms with Gasteiger partial charge in [0.2, 0.25) is 0 Å². The molecule has 1 saturated carbocycles. The van der Waals surface area contributed by atoms with Gasteiger partial charge in [-0.25, -0.2) is 8.42 Å². The Morgan fingerprint density at radius 1 is 1.18 bits per heavy atom. The van der Waals surface area contributed by atoms with Gasteiger partial charge in [-0.1, -0.05) is 55.3 Å². The molecule has 0 aromatic heterocycles. The van der Waals surface area contributed by atoms with Crippen molar-refractivity contribution in [2.45, 2.75) is 50.2 Å². The maximum Gasteiger partial charge on any atom is 0.181 e. The lowest BCUT2D eigenvalue weighted by Gasteiger charge is -2.40. The van der Waals surface area contributed by atoms with Crippen molar-refractivity contribution in [2.75, 3.05) is 0 Å². The molecule has 0 heterocycles. The quantitative estimate of drug-likeness (QED) is 0.807. The lowest BCUT2D eigenvalue weighted by Crippen LogP contribution is -2.38. The van der Waals surface area contributed by atoms with Crippen molar-refractivity contribution in [2.24, 2.45) is 11.3 Å². The van der Waals surface area contributed by atoms with Crippen molar-refractivity contribution in [3.63, 3.8) is 0 Å². The zero-order chi connectivity index (χ0) is 16.1. The second kappa shape index (κ2) is 5.09. The van der Waals surface area contributed by atoms with E-state index in [1.165, 1.54) is 5.57 Å². The minimum Gasteiger partial charge on any atom is -0.223 e. The first-order valence-electron chi connectivity index (χ1n) is 7.91.